The Morgan fingerprint density at radius 1 is 1.75 bits per heavy atom. The fraction of sp³-hybridized carbons (Fsp3) is 0.143. The molecule has 5 heteroatoms. The Bertz CT molecular complexity index is 353. The number of imidazole rings is 1. The second-order valence-electron chi connectivity index (χ2n) is 2.41. The number of aromatic nitrogens is 2. The molecule has 0 aromatic carbocycles. The molecule has 0 aliphatic carbocycles. The van der Waals surface area contributed by atoms with E-state index in [4.69, 9.17) is 10.5 Å². The van der Waals surface area contributed by atoms with Crippen LogP contribution in [0.1, 0.15) is 5.82 Å². The first-order chi connectivity index (χ1) is 5.79. The summed E-state index contributed by atoms with van der Waals surface area (Å²) in [5, 5.41) is 0. The van der Waals surface area contributed by atoms with E-state index < -0.39 is 5.91 Å². The summed E-state index contributed by atoms with van der Waals surface area (Å²) in [7, 11) is 0. The number of carbonyl (C=O) groups is 1. The Hall–Kier alpha value is -1.78. The van der Waals surface area contributed by atoms with Crippen molar-refractivity contribution in [3.63, 3.8) is 0 Å². The van der Waals surface area contributed by atoms with Crippen molar-refractivity contribution in [2.45, 2.75) is 6.73 Å². The van der Waals surface area contributed by atoms with Crippen molar-refractivity contribution in [3.8, 4) is 0 Å². The summed E-state index contributed by atoms with van der Waals surface area (Å²) >= 11 is 0. The first-order valence-corrected chi connectivity index (χ1v) is 3.42. The minimum Gasteiger partial charge on any atom is -0.479 e. The van der Waals surface area contributed by atoms with Crippen LogP contribution in [-0.4, -0.2) is 15.5 Å². The monoisotopic (exact) mass is 165 g/mol. The fourth-order valence-electron chi connectivity index (χ4n) is 1.08. The van der Waals surface area contributed by atoms with Crippen LogP contribution in [0, 0.1) is 0 Å². The van der Waals surface area contributed by atoms with Crippen molar-refractivity contribution in [3.05, 3.63) is 24.5 Å². The second kappa shape index (κ2) is 2.37. The number of carbonyl (C=O) groups excluding carboxylic acids is 1. The van der Waals surface area contributed by atoms with Gasteiger partial charge in [0.2, 0.25) is 0 Å². The second-order valence-corrected chi connectivity index (χ2v) is 2.41. The largest absolute Gasteiger partial charge is 0.479 e. The summed E-state index contributed by atoms with van der Waals surface area (Å²) in [6, 6.07) is 0. The molecule has 5 nitrogen and oxygen atoms in total. The molecule has 2 N–H and O–H groups in total. The van der Waals surface area contributed by atoms with E-state index in [1.54, 1.807) is 17.0 Å². The third-order valence-electron chi connectivity index (χ3n) is 1.64. The van der Waals surface area contributed by atoms with Crippen LogP contribution in [0.2, 0.25) is 0 Å². The van der Waals surface area contributed by atoms with E-state index in [0.29, 0.717) is 18.1 Å². The van der Waals surface area contributed by atoms with Crippen molar-refractivity contribution < 1.29 is 9.53 Å². The highest BCUT2D eigenvalue weighted by Gasteiger charge is 2.17. The predicted octanol–water partition coefficient (Wildman–Crippen LogP) is -0.303. The van der Waals surface area contributed by atoms with Crippen LogP contribution in [0.3, 0.4) is 0 Å². The van der Waals surface area contributed by atoms with Crippen molar-refractivity contribution in [2.24, 2.45) is 5.73 Å². The smallest absolute Gasteiger partial charge is 0.255 e. The van der Waals surface area contributed by atoms with Crippen LogP contribution in [0.5, 0.6) is 0 Å². The molecule has 0 spiro atoms. The molecule has 0 bridgehead atoms. The summed E-state index contributed by atoms with van der Waals surface area (Å²) in [4.78, 5) is 14.8. The Kier molecular flexibility index (Phi) is 1.36. The van der Waals surface area contributed by atoms with Gasteiger partial charge in [-0.2, -0.15) is 0 Å². The van der Waals surface area contributed by atoms with Crippen LogP contribution < -0.4 is 5.73 Å². The summed E-state index contributed by atoms with van der Waals surface area (Å²) in [6.07, 6.45) is 4.66. The zero-order chi connectivity index (χ0) is 8.55. The Morgan fingerprint density at radius 3 is 3.33 bits per heavy atom. The molecule has 2 heterocycles. The number of primary amides is 1. The summed E-state index contributed by atoms with van der Waals surface area (Å²) in [6.45, 7) is 0.381. The molecule has 0 unspecified atom stereocenters. The van der Waals surface area contributed by atoms with Crippen molar-refractivity contribution in [2.75, 3.05) is 0 Å². The normalized spacial score (nSPS) is 14.5. The third-order valence-corrected chi connectivity index (χ3v) is 1.64. The number of hydrogen-bond donors (Lipinski definition) is 1. The van der Waals surface area contributed by atoms with Gasteiger partial charge in [0.15, 0.2) is 12.6 Å². The maximum absolute atomic E-state index is 10.8. The number of nitrogens with two attached hydrogens (primary N) is 1. The van der Waals surface area contributed by atoms with E-state index in [2.05, 4.69) is 4.98 Å². The van der Waals surface area contributed by atoms with E-state index in [9.17, 15) is 4.79 Å². The average Bonchev–Trinajstić information content (AvgIpc) is 2.49. The van der Waals surface area contributed by atoms with Gasteiger partial charge in [0.05, 0.1) is 0 Å². The molecular weight excluding hydrogens is 158 g/mol. The molecule has 0 saturated heterocycles. The van der Waals surface area contributed by atoms with Crippen LogP contribution in [0.15, 0.2) is 18.7 Å². The zero-order valence-electron chi connectivity index (χ0n) is 6.23. The molecule has 0 saturated carbocycles. The number of amides is 1. The van der Waals surface area contributed by atoms with Gasteiger partial charge in [0.1, 0.15) is 11.8 Å². The van der Waals surface area contributed by atoms with Crippen LogP contribution in [0.4, 0.5) is 0 Å². The third kappa shape index (κ3) is 0.868. The molecule has 0 radical (unpaired) electrons. The molecule has 2 rings (SSSR count). The minimum absolute atomic E-state index is 0.311. The van der Waals surface area contributed by atoms with Crippen molar-refractivity contribution in [1.82, 2.24) is 9.55 Å². The number of rotatable bonds is 1. The summed E-state index contributed by atoms with van der Waals surface area (Å²) in [5.41, 5.74) is 5.41. The van der Waals surface area contributed by atoms with E-state index in [1.165, 1.54) is 6.26 Å². The van der Waals surface area contributed by atoms with Gasteiger partial charge in [-0.15, -0.1) is 0 Å². The highest BCUT2D eigenvalue weighted by Crippen LogP contribution is 2.16. The van der Waals surface area contributed by atoms with Crippen molar-refractivity contribution >= 4 is 11.5 Å². The highest BCUT2D eigenvalue weighted by atomic mass is 16.5. The topological polar surface area (TPSA) is 70.1 Å². The van der Waals surface area contributed by atoms with Gasteiger partial charge in [-0.1, -0.05) is 0 Å². The minimum atomic E-state index is -0.526. The average molecular weight is 165 g/mol. The van der Waals surface area contributed by atoms with E-state index in [0.717, 1.165) is 0 Å². The lowest BCUT2D eigenvalue weighted by Crippen LogP contribution is -2.20. The van der Waals surface area contributed by atoms with Gasteiger partial charge in [-0.25, -0.2) is 4.98 Å². The SMILES string of the molecule is NC(=O)C1=COCn2ccnc21. The molecule has 1 aromatic heterocycles. The first-order valence-electron chi connectivity index (χ1n) is 3.42. The van der Waals surface area contributed by atoms with Gasteiger partial charge < -0.3 is 10.5 Å². The highest BCUT2D eigenvalue weighted by molar-refractivity contribution is 6.17. The quantitative estimate of drug-likeness (QED) is 0.620. The maximum Gasteiger partial charge on any atom is 0.255 e. The zero-order valence-corrected chi connectivity index (χ0v) is 6.23. The standard InChI is InChI=1S/C7H7N3O2/c8-6(11)5-3-12-4-10-2-1-9-7(5)10/h1-3H,4H2,(H2,8,11). The molecule has 0 fully saturated rings. The van der Waals surface area contributed by atoms with E-state index in [-0.39, 0.29) is 0 Å². The van der Waals surface area contributed by atoms with E-state index in [1.807, 2.05) is 0 Å². The lowest BCUT2D eigenvalue weighted by molar-refractivity contribution is -0.113. The molecule has 62 valence electrons. The lowest BCUT2D eigenvalue weighted by Gasteiger charge is -2.13. The molecule has 1 aromatic rings. The summed E-state index contributed by atoms with van der Waals surface area (Å²) in [5.74, 6) is 0.0379. The van der Waals surface area contributed by atoms with Gasteiger partial charge in [0.25, 0.3) is 5.91 Å². The number of nitrogens with zero attached hydrogens (tertiary/aromatic N) is 2. The van der Waals surface area contributed by atoms with E-state index >= 15 is 0 Å². The summed E-state index contributed by atoms with van der Waals surface area (Å²) < 4.78 is 6.70. The lowest BCUT2D eigenvalue weighted by atomic mass is 10.2. The molecule has 12 heavy (non-hydrogen) atoms. The molecule has 1 amide bonds. The number of ether oxygens (including phenoxy) is 1. The van der Waals surface area contributed by atoms with Crippen LogP contribution in [0.25, 0.3) is 5.57 Å². The predicted molar refractivity (Wildman–Crippen MR) is 40.5 cm³/mol. The van der Waals surface area contributed by atoms with Gasteiger partial charge in [-0.3, -0.25) is 9.36 Å². The maximum atomic E-state index is 10.8. The van der Waals surface area contributed by atoms with Crippen molar-refractivity contribution in [1.29, 1.82) is 0 Å². The van der Waals surface area contributed by atoms with Crippen LogP contribution in [-0.2, 0) is 16.3 Å². The first kappa shape index (κ1) is 6.90. The number of fused-ring (bicyclic) bond motifs is 1. The fourth-order valence-corrected chi connectivity index (χ4v) is 1.08. The Balaban J connectivity index is 2.50. The van der Waals surface area contributed by atoms with Crippen LogP contribution >= 0.6 is 0 Å². The molecule has 1 aliphatic heterocycles. The van der Waals surface area contributed by atoms with Gasteiger partial charge in [0, 0.05) is 12.4 Å². The molecular formula is C7H7N3O2. The molecule has 0 atom stereocenters. The Labute approximate surface area is 68.4 Å². The number of hydrogen-bond acceptors (Lipinski definition) is 3. The Morgan fingerprint density at radius 2 is 2.58 bits per heavy atom. The van der Waals surface area contributed by atoms with Gasteiger partial charge >= 0.3 is 0 Å². The molecule has 1 aliphatic rings. The van der Waals surface area contributed by atoms with Gasteiger partial charge in [-0.05, 0) is 0 Å².